The zero-order chi connectivity index (χ0) is 12.5. The Morgan fingerprint density at radius 2 is 2.28 bits per heavy atom. The van der Waals surface area contributed by atoms with Crippen molar-refractivity contribution in [3.8, 4) is 11.5 Å². The zero-order valence-corrected chi connectivity index (χ0v) is 10.2. The Morgan fingerprint density at radius 3 is 3.11 bits per heavy atom. The van der Waals surface area contributed by atoms with Crippen LogP contribution in [0.25, 0.3) is 11.5 Å². The molecule has 0 amide bonds. The third-order valence-electron chi connectivity index (χ3n) is 3.15. The van der Waals surface area contributed by atoms with Gasteiger partial charge in [-0.25, -0.2) is 4.98 Å². The van der Waals surface area contributed by atoms with E-state index in [2.05, 4.69) is 20.3 Å². The number of rotatable bonds is 1. The molecular weight excluding hydrogens is 228 g/mol. The first-order valence-electron chi connectivity index (χ1n) is 6.05. The van der Waals surface area contributed by atoms with Gasteiger partial charge in [-0.2, -0.15) is 0 Å². The van der Waals surface area contributed by atoms with Gasteiger partial charge in [0.25, 0.3) is 5.56 Å². The van der Waals surface area contributed by atoms with Gasteiger partial charge < -0.3 is 10.3 Å². The Labute approximate surface area is 104 Å². The van der Waals surface area contributed by atoms with Crippen molar-refractivity contribution in [3.63, 3.8) is 0 Å². The van der Waals surface area contributed by atoms with Gasteiger partial charge in [0.1, 0.15) is 11.5 Å². The minimum atomic E-state index is -0.0627. The van der Waals surface area contributed by atoms with Crippen LogP contribution >= 0.6 is 0 Å². The van der Waals surface area contributed by atoms with Gasteiger partial charge >= 0.3 is 0 Å². The molecule has 0 saturated carbocycles. The van der Waals surface area contributed by atoms with Gasteiger partial charge in [0.15, 0.2) is 5.82 Å². The normalized spacial score (nSPS) is 13.8. The van der Waals surface area contributed by atoms with Crippen LogP contribution in [-0.2, 0) is 6.42 Å². The molecule has 0 radical (unpaired) electrons. The van der Waals surface area contributed by atoms with Gasteiger partial charge in [-0.05, 0) is 31.4 Å². The third-order valence-corrected chi connectivity index (χ3v) is 3.15. The van der Waals surface area contributed by atoms with Crippen molar-refractivity contribution in [1.29, 1.82) is 0 Å². The van der Waals surface area contributed by atoms with Crippen LogP contribution in [0.15, 0.2) is 23.1 Å². The summed E-state index contributed by atoms with van der Waals surface area (Å²) >= 11 is 0. The fourth-order valence-electron chi connectivity index (χ4n) is 2.19. The second-order valence-corrected chi connectivity index (χ2v) is 4.44. The molecule has 2 N–H and O–H groups in total. The lowest BCUT2D eigenvalue weighted by Gasteiger charge is -2.16. The molecule has 92 valence electrons. The molecule has 0 aromatic carbocycles. The first-order chi connectivity index (χ1) is 8.75. The fourth-order valence-corrected chi connectivity index (χ4v) is 2.19. The van der Waals surface area contributed by atoms with Crippen LogP contribution in [0.5, 0.6) is 0 Å². The summed E-state index contributed by atoms with van der Waals surface area (Å²) in [5, 5.41) is 3.17. The maximum absolute atomic E-state index is 12.0. The average Bonchev–Trinajstić information content (AvgIpc) is 2.39. The summed E-state index contributed by atoms with van der Waals surface area (Å²) in [6.45, 7) is 2.82. The summed E-state index contributed by atoms with van der Waals surface area (Å²) in [6.07, 6.45) is 3.46. The Morgan fingerprint density at radius 1 is 1.39 bits per heavy atom. The van der Waals surface area contributed by atoms with E-state index in [-0.39, 0.29) is 5.56 Å². The molecule has 0 bridgehead atoms. The van der Waals surface area contributed by atoms with E-state index in [9.17, 15) is 4.79 Å². The van der Waals surface area contributed by atoms with Gasteiger partial charge in [-0.15, -0.1) is 0 Å². The van der Waals surface area contributed by atoms with Gasteiger partial charge in [0.05, 0.1) is 5.56 Å². The summed E-state index contributed by atoms with van der Waals surface area (Å²) in [7, 11) is 0. The zero-order valence-electron chi connectivity index (χ0n) is 10.2. The predicted octanol–water partition coefficient (Wildman–Crippen LogP) is 1.50. The number of hydrogen-bond donors (Lipinski definition) is 2. The summed E-state index contributed by atoms with van der Waals surface area (Å²) in [6, 6.07) is 3.82. The Bertz CT molecular complexity index is 648. The van der Waals surface area contributed by atoms with Crippen molar-refractivity contribution in [2.45, 2.75) is 19.8 Å². The smallest absolute Gasteiger partial charge is 0.256 e. The minimum Gasteiger partial charge on any atom is -0.370 e. The van der Waals surface area contributed by atoms with Crippen LogP contribution < -0.4 is 10.9 Å². The van der Waals surface area contributed by atoms with Crippen LogP contribution in [0.2, 0.25) is 0 Å². The lowest BCUT2D eigenvalue weighted by atomic mass is 10.1. The molecule has 0 spiro atoms. The van der Waals surface area contributed by atoms with Gasteiger partial charge in [-0.1, -0.05) is 6.07 Å². The molecule has 18 heavy (non-hydrogen) atoms. The van der Waals surface area contributed by atoms with E-state index >= 15 is 0 Å². The lowest BCUT2D eigenvalue weighted by Crippen LogP contribution is -2.24. The molecule has 0 fully saturated rings. The topological polar surface area (TPSA) is 70.7 Å². The average molecular weight is 242 g/mol. The second-order valence-electron chi connectivity index (χ2n) is 4.44. The highest BCUT2D eigenvalue weighted by molar-refractivity contribution is 5.58. The van der Waals surface area contributed by atoms with Crippen molar-refractivity contribution in [3.05, 3.63) is 39.8 Å². The minimum absolute atomic E-state index is 0.0627. The molecule has 5 heteroatoms. The van der Waals surface area contributed by atoms with E-state index in [0.717, 1.165) is 36.2 Å². The third kappa shape index (κ3) is 1.77. The molecule has 3 rings (SSSR count). The molecule has 0 saturated heterocycles. The van der Waals surface area contributed by atoms with Crippen LogP contribution in [-0.4, -0.2) is 21.5 Å². The molecule has 2 aromatic rings. The van der Waals surface area contributed by atoms with Crippen molar-refractivity contribution in [2.24, 2.45) is 0 Å². The predicted molar refractivity (Wildman–Crippen MR) is 69.6 cm³/mol. The highest BCUT2D eigenvalue weighted by atomic mass is 16.1. The first kappa shape index (κ1) is 11.0. The van der Waals surface area contributed by atoms with E-state index in [0.29, 0.717) is 11.6 Å². The van der Waals surface area contributed by atoms with E-state index in [1.54, 1.807) is 6.20 Å². The number of aryl methyl sites for hydroxylation is 1. The van der Waals surface area contributed by atoms with E-state index in [4.69, 9.17) is 0 Å². The van der Waals surface area contributed by atoms with Crippen molar-refractivity contribution in [1.82, 2.24) is 15.0 Å². The number of nitrogens with one attached hydrogen (secondary N) is 2. The van der Waals surface area contributed by atoms with Crippen molar-refractivity contribution >= 4 is 5.82 Å². The number of H-pyrrole nitrogens is 1. The Hall–Kier alpha value is -2.17. The van der Waals surface area contributed by atoms with Crippen LogP contribution in [0.3, 0.4) is 0 Å². The molecule has 0 atom stereocenters. The molecule has 3 heterocycles. The van der Waals surface area contributed by atoms with Crippen molar-refractivity contribution in [2.75, 3.05) is 11.9 Å². The molecule has 2 aromatic heterocycles. The maximum Gasteiger partial charge on any atom is 0.256 e. The summed E-state index contributed by atoms with van der Waals surface area (Å²) < 4.78 is 0. The van der Waals surface area contributed by atoms with Gasteiger partial charge in [0.2, 0.25) is 0 Å². The summed E-state index contributed by atoms with van der Waals surface area (Å²) in [5.74, 6) is 1.23. The summed E-state index contributed by atoms with van der Waals surface area (Å²) in [4.78, 5) is 23.6. The van der Waals surface area contributed by atoms with Crippen molar-refractivity contribution < 1.29 is 0 Å². The second kappa shape index (κ2) is 4.25. The fraction of sp³-hybridized carbons (Fsp3) is 0.308. The highest BCUT2D eigenvalue weighted by Gasteiger charge is 2.16. The number of pyridine rings is 1. The quantitative estimate of drug-likeness (QED) is 0.795. The Kier molecular flexibility index (Phi) is 2.59. The van der Waals surface area contributed by atoms with Crippen LogP contribution in [0.4, 0.5) is 5.82 Å². The number of aromatic nitrogens is 3. The van der Waals surface area contributed by atoms with E-state index in [1.165, 1.54) is 0 Å². The first-order valence-corrected chi connectivity index (χ1v) is 6.05. The van der Waals surface area contributed by atoms with E-state index in [1.807, 2.05) is 19.1 Å². The van der Waals surface area contributed by atoms with Gasteiger partial charge in [0, 0.05) is 12.7 Å². The number of aromatic amines is 1. The number of fused-ring (bicyclic) bond motifs is 1. The van der Waals surface area contributed by atoms with Crippen LogP contribution in [0, 0.1) is 6.92 Å². The molecule has 1 aliphatic heterocycles. The molecule has 1 aliphatic rings. The largest absolute Gasteiger partial charge is 0.370 e. The Balaban J connectivity index is 2.17. The maximum atomic E-state index is 12.0. The number of nitrogens with zero attached hydrogens (tertiary/aromatic N) is 2. The van der Waals surface area contributed by atoms with Gasteiger partial charge in [-0.3, -0.25) is 9.78 Å². The SMILES string of the molecule is Cc1cccnc1-c1nc2c(c(=O)[nH]1)CCCN2. The van der Waals surface area contributed by atoms with Crippen LogP contribution in [0.1, 0.15) is 17.5 Å². The molecular formula is C13H14N4O. The monoisotopic (exact) mass is 242 g/mol. The molecule has 0 unspecified atom stereocenters. The highest BCUT2D eigenvalue weighted by Crippen LogP contribution is 2.20. The lowest BCUT2D eigenvalue weighted by molar-refractivity contribution is 0.799. The molecule has 5 nitrogen and oxygen atoms in total. The number of anilines is 1. The standard InChI is InChI=1S/C13H14N4O/c1-8-4-2-6-14-10(8)12-16-11-9(13(18)17-12)5-3-7-15-11/h2,4,6H,3,5,7H2,1H3,(H2,15,16,17,18). The summed E-state index contributed by atoms with van der Waals surface area (Å²) in [5.41, 5.74) is 2.41. The number of hydrogen-bond acceptors (Lipinski definition) is 4. The molecule has 0 aliphatic carbocycles. The van der Waals surface area contributed by atoms with E-state index < -0.39 is 0 Å².